The lowest BCUT2D eigenvalue weighted by atomic mass is 10.2. The number of rotatable bonds is 7. The normalized spacial score (nSPS) is 11.4. The largest absolute Gasteiger partial charge is 0.325 e. The number of benzene rings is 3. The number of hydrogen-bond acceptors (Lipinski definition) is 3. The first kappa shape index (κ1) is 21.2. The van der Waals surface area contributed by atoms with Gasteiger partial charge in [0.05, 0.1) is 11.4 Å². The Balaban J connectivity index is 1.84. The van der Waals surface area contributed by atoms with Crippen LogP contribution in [-0.4, -0.2) is 25.2 Å². The number of carbonyl (C=O) groups excluding carboxylic acids is 1. The number of hydrogen-bond donors (Lipinski definition) is 1. The van der Waals surface area contributed by atoms with Gasteiger partial charge in [-0.2, -0.15) is 4.31 Å². The highest BCUT2D eigenvalue weighted by atomic mass is 79.9. The second-order valence-electron chi connectivity index (χ2n) is 6.63. The van der Waals surface area contributed by atoms with Gasteiger partial charge in [0.15, 0.2) is 0 Å². The molecule has 150 valence electrons. The van der Waals surface area contributed by atoms with Crippen LogP contribution in [-0.2, 0) is 21.4 Å². The molecule has 0 aliphatic rings. The first-order chi connectivity index (χ1) is 13.8. The van der Waals surface area contributed by atoms with Crippen LogP contribution in [0, 0.1) is 6.92 Å². The minimum Gasteiger partial charge on any atom is -0.325 e. The molecule has 0 aliphatic carbocycles. The fraction of sp³-hybridized carbons (Fsp3) is 0.136. The Labute approximate surface area is 179 Å². The van der Waals surface area contributed by atoms with E-state index in [-0.39, 0.29) is 18.0 Å². The van der Waals surface area contributed by atoms with Crippen LogP contribution in [0.15, 0.2) is 88.2 Å². The molecule has 3 rings (SSSR count). The predicted molar refractivity (Wildman–Crippen MR) is 118 cm³/mol. The van der Waals surface area contributed by atoms with Gasteiger partial charge in [-0.15, -0.1) is 0 Å². The predicted octanol–water partition coefficient (Wildman–Crippen LogP) is 4.59. The summed E-state index contributed by atoms with van der Waals surface area (Å²) in [5.41, 5.74) is 2.49. The average Bonchev–Trinajstić information content (AvgIpc) is 2.71. The molecule has 0 bridgehead atoms. The Morgan fingerprint density at radius 3 is 2.17 bits per heavy atom. The van der Waals surface area contributed by atoms with Crippen LogP contribution < -0.4 is 5.32 Å². The summed E-state index contributed by atoms with van der Waals surface area (Å²) >= 11 is 3.37. The van der Waals surface area contributed by atoms with Crippen molar-refractivity contribution in [3.63, 3.8) is 0 Å². The fourth-order valence-electron chi connectivity index (χ4n) is 2.76. The molecule has 3 aromatic carbocycles. The highest BCUT2D eigenvalue weighted by Crippen LogP contribution is 2.20. The molecule has 0 atom stereocenters. The molecule has 0 saturated heterocycles. The Morgan fingerprint density at radius 1 is 0.931 bits per heavy atom. The number of sulfonamides is 1. The molecule has 0 spiro atoms. The zero-order valence-corrected chi connectivity index (χ0v) is 18.3. The minimum atomic E-state index is -3.84. The summed E-state index contributed by atoms with van der Waals surface area (Å²) in [4.78, 5) is 12.8. The second-order valence-corrected chi connectivity index (χ2v) is 9.48. The molecule has 0 fully saturated rings. The van der Waals surface area contributed by atoms with E-state index in [4.69, 9.17) is 0 Å². The summed E-state index contributed by atoms with van der Waals surface area (Å²) in [7, 11) is -3.84. The summed E-state index contributed by atoms with van der Waals surface area (Å²) < 4.78 is 28.4. The summed E-state index contributed by atoms with van der Waals surface area (Å²) in [6, 6.07) is 22.8. The van der Waals surface area contributed by atoms with Gasteiger partial charge >= 0.3 is 0 Å². The van der Waals surface area contributed by atoms with Crippen LogP contribution in [0.4, 0.5) is 5.69 Å². The van der Waals surface area contributed by atoms with Gasteiger partial charge in [-0.25, -0.2) is 8.42 Å². The van der Waals surface area contributed by atoms with Crippen molar-refractivity contribution in [2.24, 2.45) is 0 Å². The summed E-state index contributed by atoms with van der Waals surface area (Å²) in [5, 5.41) is 2.77. The van der Waals surface area contributed by atoms with E-state index in [0.29, 0.717) is 5.69 Å². The van der Waals surface area contributed by atoms with Crippen LogP contribution in [0.5, 0.6) is 0 Å². The highest BCUT2D eigenvalue weighted by molar-refractivity contribution is 9.10. The number of halogens is 1. The van der Waals surface area contributed by atoms with Crippen LogP contribution in [0.3, 0.4) is 0 Å². The number of nitrogens with one attached hydrogen (secondary N) is 1. The number of aryl methyl sites for hydroxylation is 1. The molecule has 0 aliphatic heterocycles. The number of amides is 1. The summed E-state index contributed by atoms with van der Waals surface area (Å²) in [6.45, 7) is 1.75. The zero-order valence-electron chi connectivity index (χ0n) is 15.9. The van der Waals surface area contributed by atoms with Gasteiger partial charge in [-0.3, -0.25) is 4.79 Å². The molecule has 1 amide bonds. The molecular formula is C22H21BrN2O3S. The maximum atomic E-state index is 13.2. The maximum absolute atomic E-state index is 13.2. The smallest absolute Gasteiger partial charge is 0.243 e. The molecule has 0 radical (unpaired) electrons. The van der Waals surface area contributed by atoms with Gasteiger partial charge in [0, 0.05) is 16.7 Å². The molecule has 0 aromatic heterocycles. The number of nitrogens with zero attached hydrogens (tertiary/aromatic N) is 1. The van der Waals surface area contributed by atoms with Crippen molar-refractivity contribution in [3.05, 3.63) is 94.5 Å². The Hall–Kier alpha value is -2.48. The Morgan fingerprint density at radius 2 is 1.55 bits per heavy atom. The van der Waals surface area contributed by atoms with Crippen molar-refractivity contribution in [1.29, 1.82) is 0 Å². The van der Waals surface area contributed by atoms with E-state index in [1.807, 2.05) is 43.3 Å². The molecule has 0 saturated carbocycles. The van der Waals surface area contributed by atoms with Gasteiger partial charge < -0.3 is 5.32 Å². The summed E-state index contributed by atoms with van der Waals surface area (Å²) in [5.74, 6) is -0.398. The van der Waals surface area contributed by atoms with Crippen molar-refractivity contribution < 1.29 is 13.2 Å². The average molecular weight is 473 g/mol. The van der Waals surface area contributed by atoms with E-state index in [1.54, 1.807) is 30.3 Å². The molecule has 5 nitrogen and oxygen atoms in total. The topological polar surface area (TPSA) is 66.5 Å². The van der Waals surface area contributed by atoms with Crippen molar-refractivity contribution >= 4 is 37.5 Å². The lowest BCUT2D eigenvalue weighted by molar-refractivity contribution is -0.116. The van der Waals surface area contributed by atoms with E-state index in [1.165, 1.54) is 16.4 Å². The lowest BCUT2D eigenvalue weighted by Crippen LogP contribution is -2.37. The van der Waals surface area contributed by atoms with E-state index in [9.17, 15) is 13.2 Å². The third-order valence-corrected chi connectivity index (χ3v) is 6.64. The Kier molecular flexibility index (Phi) is 6.84. The van der Waals surface area contributed by atoms with Crippen LogP contribution in [0.25, 0.3) is 0 Å². The second kappa shape index (κ2) is 9.35. The molecule has 29 heavy (non-hydrogen) atoms. The van der Waals surface area contributed by atoms with Crippen molar-refractivity contribution in [2.45, 2.75) is 18.4 Å². The quantitative estimate of drug-likeness (QED) is 0.546. The number of carbonyl (C=O) groups is 1. The summed E-state index contributed by atoms with van der Waals surface area (Å²) in [6.07, 6.45) is 0. The van der Waals surface area contributed by atoms with E-state index in [0.717, 1.165) is 15.6 Å². The molecule has 3 aromatic rings. The SMILES string of the molecule is Cc1ccc(NC(=O)CN(Cc2ccc(Br)cc2)S(=O)(=O)c2ccccc2)cc1. The minimum absolute atomic E-state index is 0.0891. The zero-order chi connectivity index (χ0) is 20.9. The third-order valence-electron chi connectivity index (χ3n) is 4.31. The van der Waals surface area contributed by atoms with Gasteiger partial charge in [-0.1, -0.05) is 64.0 Å². The lowest BCUT2D eigenvalue weighted by Gasteiger charge is -2.22. The van der Waals surface area contributed by atoms with Crippen LogP contribution >= 0.6 is 15.9 Å². The van der Waals surface area contributed by atoms with Gasteiger partial charge in [0.25, 0.3) is 0 Å². The molecule has 7 heteroatoms. The maximum Gasteiger partial charge on any atom is 0.243 e. The van der Waals surface area contributed by atoms with Gasteiger partial charge in [-0.05, 0) is 48.9 Å². The highest BCUT2D eigenvalue weighted by Gasteiger charge is 2.26. The van der Waals surface area contributed by atoms with Gasteiger partial charge in [0.2, 0.25) is 15.9 Å². The standard InChI is InChI=1S/C22H21BrN2O3S/c1-17-7-13-20(14-8-17)24-22(26)16-25(15-18-9-11-19(23)12-10-18)29(27,28)21-5-3-2-4-6-21/h2-14H,15-16H2,1H3,(H,24,26). The monoisotopic (exact) mass is 472 g/mol. The van der Waals surface area contributed by atoms with Crippen molar-refractivity contribution in [3.8, 4) is 0 Å². The molecular weight excluding hydrogens is 452 g/mol. The van der Waals surface area contributed by atoms with Crippen LogP contribution in [0.2, 0.25) is 0 Å². The first-order valence-corrected chi connectivity index (χ1v) is 11.2. The van der Waals surface area contributed by atoms with E-state index in [2.05, 4.69) is 21.2 Å². The van der Waals surface area contributed by atoms with Crippen molar-refractivity contribution in [1.82, 2.24) is 4.31 Å². The van der Waals surface area contributed by atoms with Crippen molar-refractivity contribution in [2.75, 3.05) is 11.9 Å². The molecule has 0 unspecified atom stereocenters. The molecule has 0 heterocycles. The van der Waals surface area contributed by atoms with E-state index >= 15 is 0 Å². The van der Waals surface area contributed by atoms with Crippen LogP contribution in [0.1, 0.15) is 11.1 Å². The number of anilines is 1. The first-order valence-electron chi connectivity index (χ1n) is 9.01. The fourth-order valence-corrected chi connectivity index (χ4v) is 4.43. The van der Waals surface area contributed by atoms with E-state index < -0.39 is 15.9 Å². The third kappa shape index (κ3) is 5.76. The van der Waals surface area contributed by atoms with Gasteiger partial charge in [0.1, 0.15) is 0 Å². The molecule has 1 N–H and O–H groups in total. The Bertz CT molecular complexity index is 1070.